The summed E-state index contributed by atoms with van der Waals surface area (Å²) in [5.74, 6) is 1.92. The first-order chi connectivity index (χ1) is 18.5. The predicted octanol–water partition coefficient (Wildman–Crippen LogP) is 6.08. The lowest BCUT2D eigenvalue weighted by Crippen LogP contribution is -2.41. The average Bonchev–Trinajstić information content (AvgIpc) is 3.32. The first-order valence-corrected chi connectivity index (χ1v) is 14.4. The molecular formula is C32H38N4O2. The lowest BCUT2D eigenvalue weighted by Gasteiger charge is -2.21. The van der Waals surface area contributed by atoms with Gasteiger partial charge in [-0.1, -0.05) is 37.1 Å². The van der Waals surface area contributed by atoms with Gasteiger partial charge in [0.05, 0.1) is 0 Å². The van der Waals surface area contributed by atoms with E-state index in [1.165, 1.54) is 29.4 Å². The second-order valence-electron chi connectivity index (χ2n) is 11.3. The van der Waals surface area contributed by atoms with Crippen molar-refractivity contribution in [3.63, 3.8) is 0 Å². The highest BCUT2D eigenvalue weighted by molar-refractivity contribution is 6.16. The molecule has 7 rings (SSSR count). The molecule has 6 nitrogen and oxygen atoms in total. The van der Waals surface area contributed by atoms with E-state index in [1.807, 2.05) is 22.9 Å². The van der Waals surface area contributed by atoms with Crippen molar-refractivity contribution in [3.05, 3.63) is 59.8 Å². The molecule has 2 aliphatic heterocycles. The summed E-state index contributed by atoms with van der Waals surface area (Å²) in [6.07, 6.45) is 10.7. The summed E-state index contributed by atoms with van der Waals surface area (Å²) in [5, 5.41) is 1.21. The molecule has 0 radical (unpaired) electrons. The average molecular weight is 511 g/mol. The van der Waals surface area contributed by atoms with E-state index < -0.39 is 5.54 Å². The Bertz CT molecular complexity index is 1390. The number of aromatic amines is 1. The van der Waals surface area contributed by atoms with Crippen LogP contribution >= 0.6 is 0 Å². The Morgan fingerprint density at radius 3 is 2.39 bits per heavy atom. The molecule has 198 valence electrons. The lowest BCUT2D eigenvalue weighted by atomic mass is 9.98. The molecule has 3 aromatic rings. The number of aromatic nitrogens is 1. The fourth-order valence-corrected chi connectivity index (χ4v) is 6.30. The van der Waals surface area contributed by atoms with Crippen molar-refractivity contribution in [3.8, 4) is 11.1 Å². The third kappa shape index (κ3) is 4.55. The summed E-state index contributed by atoms with van der Waals surface area (Å²) >= 11 is 0. The normalized spacial score (nSPS) is 20.3. The number of nitrogens with one attached hydrogen (secondary N) is 1. The lowest BCUT2D eigenvalue weighted by molar-refractivity contribution is -0.131. The minimum absolute atomic E-state index is 0.198. The van der Waals surface area contributed by atoms with Gasteiger partial charge in [0.1, 0.15) is 11.4 Å². The first-order valence-electron chi connectivity index (χ1n) is 14.4. The molecule has 1 spiro atoms. The van der Waals surface area contributed by atoms with E-state index in [4.69, 9.17) is 4.99 Å². The maximum atomic E-state index is 13.1. The van der Waals surface area contributed by atoms with Gasteiger partial charge in [0.15, 0.2) is 0 Å². The van der Waals surface area contributed by atoms with E-state index in [0.717, 1.165) is 74.1 Å². The summed E-state index contributed by atoms with van der Waals surface area (Å²) in [4.78, 5) is 36.5. The second kappa shape index (κ2) is 10.0. The molecule has 2 amide bonds. The van der Waals surface area contributed by atoms with E-state index in [1.54, 1.807) is 0 Å². The Morgan fingerprint density at radius 2 is 1.71 bits per heavy atom. The van der Waals surface area contributed by atoms with Crippen LogP contribution in [0.5, 0.6) is 0 Å². The molecule has 2 saturated carbocycles. The maximum absolute atomic E-state index is 13.1. The number of fused-ring (bicyclic) bond motifs is 1. The zero-order valence-electron chi connectivity index (χ0n) is 22.6. The van der Waals surface area contributed by atoms with Crippen LogP contribution in [0.1, 0.15) is 69.4 Å². The van der Waals surface area contributed by atoms with Crippen LogP contribution in [0.15, 0.2) is 53.7 Å². The number of aryl methyl sites for hydroxylation is 1. The van der Waals surface area contributed by atoms with Gasteiger partial charge in [0, 0.05) is 42.8 Å². The summed E-state index contributed by atoms with van der Waals surface area (Å²) in [6, 6.07) is 15.1. The van der Waals surface area contributed by atoms with E-state index in [2.05, 4.69) is 54.4 Å². The van der Waals surface area contributed by atoms with Crippen LogP contribution in [0.2, 0.25) is 0 Å². The summed E-state index contributed by atoms with van der Waals surface area (Å²) in [6.45, 7) is 6.88. The van der Waals surface area contributed by atoms with E-state index in [9.17, 15) is 9.59 Å². The zero-order valence-corrected chi connectivity index (χ0v) is 22.6. The Morgan fingerprint density at radius 1 is 1.00 bits per heavy atom. The number of likely N-dealkylation sites (N-methyl/N-ethyl adjacent to an activating group) is 1. The molecule has 1 N–H and O–H groups in total. The van der Waals surface area contributed by atoms with Gasteiger partial charge < -0.3 is 9.88 Å². The van der Waals surface area contributed by atoms with Crippen LogP contribution in [0.25, 0.3) is 22.0 Å². The van der Waals surface area contributed by atoms with Crippen LogP contribution in [0, 0.1) is 12.8 Å². The molecule has 2 aromatic carbocycles. The van der Waals surface area contributed by atoms with Gasteiger partial charge in [-0.3, -0.25) is 19.5 Å². The van der Waals surface area contributed by atoms with Crippen molar-refractivity contribution in [1.29, 1.82) is 0 Å². The number of carbonyl (C=O) groups is 2. The van der Waals surface area contributed by atoms with Gasteiger partial charge in [-0.05, 0) is 92.6 Å². The standard InChI is InChI=1S/C24H25N3O.C8H13NO/c1-3-27-22(26-24(23(27)28)11-4-5-12-24)20-8-6-17(14-16(20)2)18-7-9-21-19(15-18)10-13-25-21;10-8(7-3-4-7)9-5-1-2-6-9/h6-10,13-15,25H,3-5,11-12H2,1-2H3;7H,1-6H2. The first kappa shape index (κ1) is 24.9. The smallest absolute Gasteiger partial charge is 0.256 e. The predicted molar refractivity (Wildman–Crippen MR) is 152 cm³/mol. The largest absolute Gasteiger partial charge is 0.361 e. The Kier molecular flexibility index (Phi) is 6.58. The number of benzene rings is 2. The summed E-state index contributed by atoms with van der Waals surface area (Å²) in [5.41, 5.74) is 5.28. The third-order valence-corrected chi connectivity index (χ3v) is 8.66. The number of rotatable bonds is 4. The van der Waals surface area contributed by atoms with Crippen molar-refractivity contribution in [2.45, 2.75) is 70.8 Å². The van der Waals surface area contributed by atoms with Gasteiger partial charge in [-0.25, -0.2) is 0 Å². The molecular weight excluding hydrogens is 472 g/mol. The molecule has 1 aromatic heterocycles. The van der Waals surface area contributed by atoms with Gasteiger partial charge in [0.2, 0.25) is 5.91 Å². The van der Waals surface area contributed by atoms with Gasteiger partial charge in [-0.15, -0.1) is 0 Å². The van der Waals surface area contributed by atoms with Crippen molar-refractivity contribution >= 4 is 28.6 Å². The van der Waals surface area contributed by atoms with E-state index in [-0.39, 0.29) is 5.91 Å². The van der Waals surface area contributed by atoms with Crippen molar-refractivity contribution in [1.82, 2.24) is 14.8 Å². The number of H-pyrrole nitrogens is 1. The monoisotopic (exact) mass is 510 g/mol. The third-order valence-electron chi connectivity index (χ3n) is 8.66. The number of hydrogen-bond acceptors (Lipinski definition) is 3. The second-order valence-corrected chi connectivity index (χ2v) is 11.3. The fraction of sp³-hybridized carbons (Fsp3) is 0.469. The number of nitrogens with zero attached hydrogens (tertiary/aromatic N) is 3. The molecule has 6 heteroatoms. The van der Waals surface area contributed by atoms with E-state index >= 15 is 0 Å². The van der Waals surface area contributed by atoms with Gasteiger partial charge >= 0.3 is 0 Å². The van der Waals surface area contributed by atoms with Crippen LogP contribution < -0.4 is 0 Å². The topological polar surface area (TPSA) is 68.8 Å². The molecule has 38 heavy (non-hydrogen) atoms. The quantitative estimate of drug-likeness (QED) is 0.462. The Balaban J connectivity index is 0.000000221. The molecule has 3 fully saturated rings. The molecule has 2 aliphatic carbocycles. The molecule has 0 atom stereocenters. The summed E-state index contributed by atoms with van der Waals surface area (Å²) in [7, 11) is 0. The van der Waals surface area contributed by atoms with Gasteiger partial charge in [0.25, 0.3) is 5.91 Å². The number of carbonyl (C=O) groups excluding carboxylic acids is 2. The fourth-order valence-electron chi connectivity index (χ4n) is 6.30. The molecule has 3 heterocycles. The molecule has 1 saturated heterocycles. The SMILES string of the molecule is CCN1C(=O)C2(CCCC2)N=C1c1ccc(-c2ccc3[nH]ccc3c2)cc1C.O=C(C1CC1)N1CCCC1. The highest BCUT2D eigenvalue weighted by Crippen LogP contribution is 2.40. The van der Waals surface area contributed by atoms with Crippen molar-refractivity contribution < 1.29 is 9.59 Å². The summed E-state index contributed by atoms with van der Waals surface area (Å²) < 4.78 is 0. The van der Waals surface area contributed by atoms with Crippen LogP contribution in [0.3, 0.4) is 0 Å². The number of aliphatic imine (C=N–C) groups is 1. The number of likely N-dealkylation sites (tertiary alicyclic amines) is 1. The number of hydrogen-bond donors (Lipinski definition) is 1. The van der Waals surface area contributed by atoms with Crippen molar-refractivity contribution in [2.24, 2.45) is 10.9 Å². The number of amidine groups is 1. The van der Waals surface area contributed by atoms with Gasteiger partial charge in [-0.2, -0.15) is 0 Å². The van der Waals surface area contributed by atoms with Crippen LogP contribution in [-0.4, -0.2) is 57.6 Å². The van der Waals surface area contributed by atoms with Crippen molar-refractivity contribution in [2.75, 3.05) is 19.6 Å². The minimum Gasteiger partial charge on any atom is -0.361 e. The molecule has 0 bridgehead atoms. The minimum atomic E-state index is -0.490. The number of amides is 2. The highest BCUT2D eigenvalue weighted by Gasteiger charge is 2.49. The molecule has 0 unspecified atom stereocenters. The highest BCUT2D eigenvalue weighted by atomic mass is 16.2. The molecule has 4 aliphatic rings. The Hall–Kier alpha value is -3.41. The Labute approximate surface area is 225 Å². The van der Waals surface area contributed by atoms with E-state index in [0.29, 0.717) is 18.4 Å². The van der Waals surface area contributed by atoms with Crippen LogP contribution in [0.4, 0.5) is 0 Å². The maximum Gasteiger partial charge on any atom is 0.256 e. The zero-order chi connectivity index (χ0) is 26.3. The van der Waals surface area contributed by atoms with Crippen LogP contribution in [-0.2, 0) is 9.59 Å².